The number of hydrogen-bond donors (Lipinski definition) is 1. The van der Waals surface area contributed by atoms with E-state index in [0.717, 1.165) is 43.1 Å². The number of rotatable bonds is 5. The van der Waals surface area contributed by atoms with Crippen LogP contribution in [0.15, 0.2) is 30.3 Å². The van der Waals surface area contributed by atoms with Crippen LogP contribution in [0.5, 0.6) is 0 Å². The smallest absolute Gasteiger partial charge is 0.229 e. The number of piperidine rings is 1. The summed E-state index contributed by atoms with van der Waals surface area (Å²) in [5.41, 5.74) is 1.84. The lowest BCUT2D eigenvalue weighted by Gasteiger charge is -2.28. The van der Waals surface area contributed by atoms with Crippen molar-refractivity contribution in [3.05, 3.63) is 41.8 Å². The van der Waals surface area contributed by atoms with Crippen LogP contribution in [0.1, 0.15) is 38.3 Å². The number of aryl methyl sites for hydroxylation is 1. The Morgan fingerprint density at radius 1 is 1.09 bits per heavy atom. The van der Waals surface area contributed by atoms with Crippen LogP contribution >= 0.6 is 0 Å². The minimum absolute atomic E-state index is 0.245. The molecule has 0 atom stereocenters. The average molecular weight is 314 g/mol. The van der Waals surface area contributed by atoms with E-state index in [0.29, 0.717) is 5.95 Å². The lowest BCUT2D eigenvalue weighted by Crippen LogP contribution is -2.30. The fourth-order valence-corrected chi connectivity index (χ4v) is 2.87. The Balaban J connectivity index is 1.85. The molecule has 4 nitrogen and oxygen atoms in total. The molecular formula is C18H23FN4. The minimum atomic E-state index is -0.245. The molecule has 1 aliphatic heterocycles. The molecule has 2 heterocycles. The molecule has 0 amide bonds. The molecule has 1 fully saturated rings. The molecule has 1 aromatic carbocycles. The van der Waals surface area contributed by atoms with Crippen LogP contribution in [0.2, 0.25) is 0 Å². The lowest BCUT2D eigenvalue weighted by atomic mass is 10.1. The Morgan fingerprint density at radius 3 is 2.52 bits per heavy atom. The highest BCUT2D eigenvalue weighted by Gasteiger charge is 2.14. The molecule has 1 saturated heterocycles. The van der Waals surface area contributed by atoms with Crippen LogP contribution in [-0.2, 0) is 6.42 Å². The van der Waals surface area contributed by atoms with Crippen molar-refractivity contribution in [3.8, 4) is 0 Å². The van der Waals surface area contributed by atoms with E-state index in [9.17, 15) is 4.39 Å². The third-order valence-electron chi connectivity index (χ3n) is 4.05. The maximum Gasteiger partial charge on any atom is 0.229 e. The van der Waals surface area contributed by atoms with Gasteiger partial charge in [0.2, 0.25) is 5.95 Å². The van der Waals surface area contributed by atoms with Gasteiger partial charge in [0.1, 0.15) is 11.6 Å². The Hall–Kier alpha value is -2.17. The van der Waals surface area contributed by atoms with Gasteiger partial charge in [0.25, 0.3) is 0 Å². The average Bonchev–Trinajstić information content (AvgIpc) is 2.58. The SMILES string of the molecule is CCCc1cc(N2CCCCC2)nc(Nc2ccc(F)cc2)n1. The van der Waals surface area contributed by atoms with Gasteiger partial charge in [0.15, 0.2) is 0 Å². The molecule has 122 valence electrons. The number of anilines is 3. The molecule has 0 saturated carbocycles. The van der Waals surface area contributed by atoms with Gasteiger partial charge in [0.05, 0.1) is 0 Å². The molecule has 0 unspecified atom stereocenters. The Kier molecular flexibility index (Phi) is 5.05. The third-order valence-corrected chi connectivity index (χ3v) is 4.05. The fraction of sp³-hybridized carbons (Fsp3) is 0.444. The summed E-state index contributed by atoms with van der Waals surface area (Å²) in [7, 11) is 0. The predicted octanol–water partition coefficient (Wildman–Crippen LogP) is 4.30. The summed E-state index contributed by atoms with van der Waals surface area (Å²) in [5.74, 6) is 1.33. The van der Waals surface area contributed by atoms with Crippen molar-refractivity contribution in [1.29, 1.82) is 0 Å². The van der Waals surface area contributed by atoms with Gasteiger partial charge in [-0.1, -0.05) is 13.3 Å². The summed E-state index contributed by atoms with van der Waals surface area (Å²) < 4.78 is 13.0. The Bertz CT molecular complexity index is 636. The molecule has 1 aromatic heterocycles. The molecular weight excluding hydrogens is 291 g/mol. The van der Waals surface area contributed by atoms with Crippen molar-refractivity contribution in [2.24, 2.45) is 0 Å². The van der Waals surface area contributed by atoms with E-state index in [1.807, 2.05) is 0 Å². The summed E-state index contributed by atoms with van der Waals surface area (Å²) in [5, 5.41) is 3.19. The van der Waals surface area contributed by atoms with Crippen LogP contribution in [0, 0.1) is 5.82 Å². The monoisotopic (exact) mass is 314 g/mol. The second kappa shape index (κ2) is 7.40. The van der Waals surface area contributed by atoms with Crippen LogP contribution in [-0.4, -0.2) is 23.1 Å². The maximum atomic E-state index is 13.0. The largest absolute Gasteiger partial charge is 0.356 e. The zero-order valence-corrected chi connectivity index (χ0v) is 13.6. The Labute approximate surface area is 136 Å². The topological polar surface area (TPSA) is 41.1 Å². The van der Waals surface area contributed by atoms with E-state index in [2.05, 4.69) is 33.2 Å². The van der Waals surface area contributed by atoms with Crippen molar-refractivity contribution in [3.63, 3.8) is 0 Å². The van der Waals surface area contributed by atoms with E-state index < -0.39 is 0 Å². The van der Waals surface area contributed by atoms with Gasteiger partial charge < -0.3 is 10.2 Å². The quantitative estimate of drug-likeness (QED) is 0.893. The molecule has 2 aromatic rings. The first-order chi connectivity index (χ1) is 11.2. The number of hydrogen-bond acceptors (Lipinski definition) is 4. The summed E-state index contributed by atoms with van der Waals surface area (Å²) in [6.45, 7) is 4.26. The lowest BCUT2D eigenvalue weighted by molar-refractivity contribution is 0.573. The highest BCUT2D eigenvalue weighted by atomic mass is 19.1. The normalized spacial score (nSPS) is 14.8. The molecule has 0 bridgehead atoms. The predicted molar refractivity (Wildman–Crippen MR) is 91.8 cm³/mol. The number of nitrogens with zero attached hydrogens (tertiary/aromatic N) is 3. The van der Waals surface area contributed by atoms with Crippen LogP contribution in [0.25, 0.3) is 0 Å². The molecule has 0 aliphatic carbocycles. The molecule has 0 radical (unpaired) electrons. The summed E-state index contributed by atoms with van der Waals surface area (Å²) in [6.07, 6.45) is 5.71. The second-order valence-corrected chi connectivity index (χ2v) is 5.97. The van der Waals surface area contributed by atoms with Crippen molar-refractivity contribution in [2.75, 3.05) is 23.3 Å². The second-order valence-electron chi connectivity index (χ2n) is 5.97. The standard InChI is InChI=1S/C18H23FN4/c1-2-6-16-13-17(23-11-4-3-5-12-23)22-18(21-16)20-15-9-7-14(19)8-10-15/h7-10,13H,2-6,11-12H2,1H3,(H,20,21,22). The molecule has 0 spiro atoms. The molecule has 3 rings (SSSR count). The number of benzene rings is 1. The van der Waals surface area contributed by atoms with E-state index in [-0.39, 0.29) is 5.82 Å². The maximum absolute atomic E-state index is 13.0. The Morgan fingerprint density at radius 2 is 1.83 bits per heavy atom. The first-order valence-corrected chi connectivity index (χ1v) is 8.40. The van der Waals surface area contributed by atoms with Gasteiger partial charge >= 0.3 is 0 Å². The van der Waals surface area contributed by atoms with Crippen LogP contribution < -0.4 is 10.2 Å². The van der Waals surface area contributed by atoms with E-state index in [4.69, 9.17) is 0 Å². The molecule has 1 aliphatic rings. The van der Waals surface area contributed by atoms with Crippen molar-refractivity contribution in [2.45, 2.75) is 39.0 Å². The van der Waals surface area contributed by atoms with E-state index >= 15 is 0 Å². The first kappa shape index (κ1) is 15.7. The highest BCUT2D eigenvalue weighted by Crippen LogP contribution is 2.22. The highest BCUT2D eigenvalue weighted by molar-refractivity contribution is 5.55. The molecule has 5 heteroatoms. The molecule has 23 heavy (non-hydrogen) atoms. The summed E-state index contributed by atoms with van der Waals surface area (Å²) in [6, 6.07) is 8.37. The zero-order chi connectivity index (χ0) is 16.1. The van der Waals surface area contributed by atoms with Crippen molar-refractivity contribution < 1.29 is 4.39 Å². The minimum Gasteiger partial charge on any atom is -0.356 e. The summed E-state index contributed by atoms with van der Waals surface area (Å²) >= 11 is 0. The van der Waals surface area contributed by atoms with Crippen molar-refractivity contribution >= 4 is 17.5 Å². The first-order valence-electron chi connectivity index (χ1n) is 8.40. The van der Waals surface area contributed by atoms with Gasteiger partial charge in [-0.05, 0) is 49.9 Å². The zero-order valence-electron chi connectivity index (χ0n) is 13.6. The van der Waals surface area contributed by atoms with Gasteiger partial charge in [-0.25, -0.2) is 9.37 Å². The number of halogens is 1. The molecule has 1 N–H and O–H groups in total. The van der Waals surface area contributed by atoms with Gasteiger partial charge in [-0.15, -0.1) is 0 Å². The van der Waals surface area contributed by atoms with Gasteiger partial charge in [-0.2, -0.15) is 4.98 Å². The van der Waals surface area contributed by atoms with E-state index in [1.54, 1.807) is 12.1 Å². The van der Waals surface area contributed by atoms with Crippen LogP contribution in [0.4, 0.5) is 21.8 Å². The number of aromatic nitrogens is 2. The number of nitrogens with one attached hydrogen (secondary N) is 1. The van der Waals surface area contributed by atoms with Crippen LogP contribution in [0.3, 0.4) is 0 Å². The third kappa shape index (κ3) is 4.18. The van der Waals surface area contributed by atoms with E-state index in [1.165, 1.54) is 31.4 Å². The van der Waals surface area contributed by atoms with Crippen molar-refractivity contribution in [1.82, 2.24) is 9.97 Å². The summed E-state index contributed by atoms with van der Waals surface area (Å²) in [4.78, 5) is 11.6. The van der Waals surface area contributed by atoms with Gasteiger partial charge in [0, 0.05) is 30.5 Å². The van der Waals surface area contributed by atoms with Gasteiger partial charge in [-0.3, -0.25) is 0 Å². The fourth-order valence-electron chi connectivity index (χ4n) is 2.87.